The van der Waals surface area contributed by atoms with Crippen molar-refractivity contribution in [3.63, 3.8) is 0 Å². The molecule has 0 aliphatic rings. The van der Waals surface area contributed by atoms with Crippen molar-refractivity contribution in [2.45, 2.75) is 62.3 Å². The number of benzene rings is 10. The zero-order valence-corrected chi connectivity index (χ0v) is 38.4. The first kappa shape index (κ1) is 41.1. The number of rotatable bonds is 8. The molecule has 0 N–H and O–H groups in total. The number of aryl methyl sites for hydroxylation is 9. The minimum Gasteiger partial charge on any atom is -0.306 e. The summed E-state index contributed by atoms with van der Waals surface area (Å²) in [6.07, 6.45) is 0. The van der Waals surface area contributed by atoms with Gasteiger partial charge in [-0.15, -0.1) is 0 Å². The van der Waals surface area contributed by atoms with E-state index < -0.39 is 0 Å². The molecule has 0 fully saturated rings. The third kappa shape index (κ3) is 6.86. The standard InChI is InChI=1S/C61H53BFN/c1-36-28-39(4)58(40(5)29-36)62(59-41(6)30-37(2)31-42(59)7)53-26-22-47-21-25-51-55(27-23-48-20-24-50(53)56(47)57(48)51)64(60-43(8)32-38(3)33-44(60)9)61-52(46-18-14-11-15-19-46)34-49(35-54(61)63)45-16-12-10-13-17-45/h10-35H,1-9H3. The van der Waals surface area contributed by atoms with E-state index in [9.17, 15) is 0 Å². The Bertz CT molecular complexity index is 3310. The summed E-state index contributed by atoms with van der Waals surface area (Å²) < 4.78 is 17.8. The number of hydrogen-bond acceptors (Lipinski definition) is 1. The van der Waals surface area contributed by atoms with E-state index in [1.807, 2.05) is 36.4 Å². The molecular weight excluding hydrogens is 776 g/mol. The van der Waals surface area contributed by atoms with E-state index in [0.717, 1.165) is 55.5 Å². The zero-order chi connectivity index (χ0) is 44.6. The monoisotopic (exact) mass is 829 g/mol. The average Bonchev–Trinajstić information content (AvgIpc) is 3.26. The summed E-state index contributed by atoms with van der Waals surface area (Å²) in [6.45, 7) is 20.0. The van der Waals surface area contributed by atoms with Crippen LogP contribution in [-0.4, -0.2) is 6.71 Å². The molecular formula is C61H53BFN. The van der Waals surface area contributed by atoms with Crippen molar-refractivity contribution in [1.29, 1.82) is 0 Å². The Balaban J connectivity index is 1.30. The molecule has 0 unspecified atom stereocenters. The van der Waals surface area contributed by atoms with Crippen LogP contribution in [0.4, 0.5) is 21.5 Å². The molecule has 0 atom stereocenters. The SMILES string of the molecule is Cc1cc(C)c(B(c2c(C)cc(C)cc2C)c2ccc3ccc4c(N(c5c(C)cc(C)cc5C)c5c(F)cc(-c6ccccc6)cc5-c5ccccc5)ccc5ccc2c3c54)c(C)c1. The van der Waals surface area contributed by atoms with Crippen molar-refractivity contribution in [3.05, 3.63) is 214 Å². The van der Waals surface area contributed by atoms with Gasteiger partial charge in [-0.05, 0) is 135 Å². The van der Waals surface area contributed by atoms with E-state index in [2.05, 4.69) is 182 Å². The van der Waals surface area contributed by atoms with Crippen LogP contribution in [0.2, 0.25) is 0 Å². The molecule has 0 radical (unpaired) electrons. The Labute approximate surface area is 378 Å². The fraction of sp³-hybridized carbons (Fsp3) is 0.148. The molecule has 0 saturated carbocycles. The molecule has 0 spiro atoms. The smallest absolute Gasteiger partial charge is 0.243 e. The summed E-state index contributed by atoms with van der Waals surface area (Å²) in [5.41, 5.74) is 21.3. The minimum absolute atomic E-state index is 0.0188. The second-order valence-corrected chi connectivity index (χ2v) is 18.4. The summed E-state index contributed by atoms with van der Waals surface area (Å²) in [5.74, 6) is -0.275. The van der Waals surface area contributed by atoms with E-state index in [4.69, 9.17) is 0 Å². The number of halogens is 1. The summed E-state index contributed by atoms with van der Waals surface area (Å²) >= 11 is 0. The van der Waals surface area contributed by atoms with E-state index >= 15 is 4.39 Å². The highest BCUT2D eigenvalue weighted by molar-refractivity contribution is 6.98. The summed E-state index contributed by atoms with van der Waals surface area (Å²) in [7, 11) is 0. The predicted octanol–water partition coefficient (Wildman–Crippen LogP) is 14.8. The second-order valence-electron chi connectivity index (χ2n) is 18.4. The molecule has 10 aromatic rings. The molecule has 10 rings (SSSR count). The van der Waals surface area contributed by atoms with Crippen LogP contribution in [0, 0.1) is 68.1 Å². The molecule has 0 amide bonds. The molecule has 10 aromatic carbocycles. The lowest BCUT2D eigenvalue weighted by Crippen LogP contribution is -2.56. The normalized spacial score (nSPS) is 11.6. The molecule has 0 aromatic heterocycles. The van der Waals surface area contributed by atoms with Crippen LogP contribution in [0.1, 0.15) is 50.1 Å². The van der Waals surface area contributed by atoms with Gasteiger partial charge < -0.3 is 4.90 Å². The maximum Gasteiger partial charge on any atom is 0.243 e. The van der Waals surface area contributed by atoms with Gasteiger partial charge in [-0.25, -0.2) is 4.39 Å². The van der Waals surface area contributed by atoms with Crippen LogP contribution >= 0.6 is 0 Å². The van der Waals surface area contributed by atoms with Crippen LogP contribution in [0.3, 0.4) is 0 Å². The van der Waals surface area contributed by atoms with E-state index in [-0.39, 0.29) is 12.5 Å². The average molecular weight is 830 g/mol. The van der Waals surface area contributed by atoms with Gasteiger partial charge in [0.1, 0.15) is 5.82 Å². The first-order chi connectivity index (χ1) is 30.9. The van der Waals surface area contributed by atoms with Gasteiger partial charge in [-0.3, -0.25) is 0 Å². The summed E-state index contributed by atoms with van der Waals surface area (Å²) in [6, 6.07) is 56.5. The van der Waals surface area contributed by atoms with E-state index in [1.54, 1.807) is 6.07 Å². The maximum atomic E-state index is 17.8. The first-order valence-electron chi connectivity index (χ1n) is 22.6. The first-order valence-corrected chi connectivity index (χ1v) is 22.6. The fourth-order valence-corrected chi connectivity index (χ4v) is 11.3. The van der Waals surface area contributed by atoms with Gasteiger partial charge in [0.15, 0.2) is 0 Å². The van der Waals surface area contributed by atoms with Crippen molar-refractivity contribution in [2.24, 2.45) is 0 Å². The Hall–Kier alpha value is -6.97. The largest absolute Gasteiger partial charge is 0.306 e. The van der Waals surface area contributed by atoms with Gasteiger partial charge in [-0.2, -0.15) is 0 Å². The Morgan fingerprint density at radius 2 is 0.844 bits per heavy atom. The lowest BCUT2D eigenvalue weighted by molar-refractivity contribution is 0.629. The third-order valence-electron chi connectivity index (χ3n) is 13.6. The molecule has 0 bridgehead atoms. The number of anilines is 3. The van der Waals surface area contributed by atoms with Gasteiger partial charge in [0.05, 0.1) is 17.1 Å². The highest BCUT2D eigenvalue weighted by atomic mass is 19.1. The molecule has 312 valence electrons. The van der Waals surface area contributed by atoms with Gasteiger partial charge in [-0.1, -0.05) is 195 Å². The van der Waals surface area contributed by atoms with E-state index in [0.29, 0.717) is 5.69 Å². The van der Waals surface area contributed by atoms with E-state index in [1.165, 1.54) is 76.9 Å². The summed E-state index contributed by atoms with van der Waals surface area (Å²) in [5, 5.41) is 7.12. The van der Waals surface area contributed by atoms with Crippen LogP contribution < -0.4 is 21.3 Å². The minimum atomic E-state index is -0.275. The Kier molecular flexibility index (Phi) is 10.3. The lowest BCUT2D eigenvalue weighted by Gasteiger charge is -2.33. The highest BCUT2D eigenvalue weighted by Gasteiger charge is 2.32. The van der Waals surface area contributed by atoms with Crippen LogP contribution in [0.25, 0.3) is 54.6 Å². The van der Waals surface area contributed by atoms with Crippen molar-refractivity contribution in [3.8, 4) is 22.3 Å². The molecule has 1 nitrogen and oxygen atoms in total. The molecule has 0 aliphatic carbocycles. The van der Waals surface area contributed by atoms with Gasteiger partial charge in [0.2, 0.25) is 6.71 Å². The second kappa shape index (κ2) is 16.0. The maximum absolute atomic E-state index is 17.8. The van der Waals surface area contributed by atoms with Crippen LogP contribution in [0.5, 0.6) is 0 Å². The molecule has 64 heavy (non-hydrogen) atoms. The third-order valence-corrected chi connectivity index (χ3v) is 13.6. The molecule has 0 aliphatic heterocycles. The summed E-state index contributed by atoms with van der Waals surface area (Å²) in [4.78, 5) is 2.23. The van der Waals surface area contributed by atoms with Crippen LogP contribution in [0.15, 0.2) is 158 Å². The topological polar surface area (TPSA) is 3.24 Å². The van der Waals surface area contributed by atoms with Gasteiger partial charge in [0, 0.05) is 10.9 Å². The van der Waals surface area contributed by atoms with Crippen molar-refractivity contribution >= 4 is 72.5 Å². The number of hydrogen-bond donors (Lipinski definition) is 0. The quantitative estimate of drug-likeness (QED) is 0.109. The van der Waals surface area contributed by atoms with Crippen molar-refractivity contribution in [2.75, 3.05) is 4.90 Å². The Morgan fingerprint density at radius 1 is 0.391 bits per heavy atom. The zero-order valence-electron chi connectivity index (χ0n) is 38.4. The van der Waals surface area contributed by atoms with Gasteiger partial charge in [0.25, 0.3) is 0 Å². The van der Waals surface area contributed by atoms with Crippen LogP contribution in [-0.2, 0) is 0 Å². The lowest BCUT2D eigenvalue weighted by atomic mass is 9.33. The fourth-order valence-electron chi connectivity index (χ4n) is 11.3. The highest BCUT2D eigenvalue weighted by Crippen LogP contribution is 2.50. The van der Waals surface area contributed by atoms with Crippen molar-refractivity contribution < 1.29 is 4.39 Å². The number of nitrogens with zero attached hydrogens (tertiary/aromatic N) is 1. The Morgan fingerprint density at radius 3 is 1.39 bits per heavy atom. The molecule has 3 heteroatoms. The van der Waals surface area contributed by atoms with Crippen molar-refractivity contribution in [1.82, 2.24) is 0 Å². The predicted molar refractivity (Wildman–Crippen MR) is 276 cm³/mol. The molecule has 0 heterocycles. The van der Waals surface area contributed by atoms with Gasteiger partial charge >= 0.3 is 0 Å². The molecule has 0 saturated heterocycles.